The summed E-state index contributed by atoms with van der Waals surface area (Å²) >= 11 is 0. The molecule has 2 unspecified atom stereocenters. The summed E-state index contributed by atoms with van der Waals surface area (Å²) < 4.78 is 33.7. The van der Waals surface area contributed by atoms with Gasteiger partial charge in [-0.2, -0.15) is 0 Å². The molecule has 26 heavy (non-hydrogen) atoms. The molecule has 0 spiro atoms. The maximum atomic E-state index is 10.8. The lowest BCUT2D eigenvalue weighted by Crippen LogP contribution is -2.44. The van der Waals surface area contributed by atoms with Gasteiger partial charge in [-0.15, -0.1) is 6.58 Å². The molecular formula is C19H32O7. The van der Waals surface area contributed by atoms with E-state index in [0.29, 0.717) is 12.2 Å². The van der Waals surface area contributed by atoms with Gasteiger partial charge < -0.3 is 33.5 Å². The fourth-order valence-electron chi connectivity index (χ4n) is 3.12. The highest BCUT2D eigenvalue weighted by Gasteiger charge is 2.48. The fourth-order valence-corrected chi connectivity index (χ4v) is 3.12. The van der Waals surface area contributed by atoms with E-state index in [1.54, 1.807) is 19.9 Å². The van der Waals surface area contributed by atoms with Crippen LogP contribution in [0.4, 0.5) is 0 Å². The smallest absolute Gasteiger partial charge is 0.164 e. The van der Waals surface area contributed by atoms with E-state index in [9.17, 15) is 5.11 Å². The first kappa shape index (κ1) is 21.5. The fraction of sp³-hybridized carbons (Fsp3) is 0.789. The second-order valence-corrected chi connectivity index (χ2v) is 7.05. The molecule has 2 rings (SSSR count). The van der Waals surface area contributed by atoms with Crippen molar-refractivity contribution in [2.75, 3.05) is 27.1 Å². The highest BCUT2D eigenvalue weighted by atomic mass is 16.8. The maximum absolute atomic E-state index is 10.8. The normalized spacial score (nSPS) is 30.7. The lowest BCUT2D eigenvalue weighted by atomic mass is 9.98. The number of hydrogen-bond donors (Lipinski definition) is 1. The van der Waals surface area contributed by atoms with E-state index in [4.69, 9.17) is 28.4 Å². The van der Waals surface area contributed by atoms with Gasteiger partial charge in [-0.05, 0) is 38.7 Å². The summed E-state index contributed by atoms with van der Waals surface area (Å²) in [5.41, 5.74) is 0.505. The van der Waals surface area contributed by atoms with E-state index in [-0.39, 0.29) is 19.7 Å². The van der Waals surface area contributed by atoms with Gasteiger partial charge in [0.1, 0.15) is 31.2 Å². The highest BCUT2D eigenvalue weighted by Crippen LogP contribution is 2.34. The quantitative estimate of drug-likeness (QED) is 0.465. The molecule has 2 saturated heterocycles. The summed E-state index contributed by atoms with van der Waals surface area (Å²) in [6.45, 7) is 12.3. The van der Waals surface area contributed by atoms with Crippen molar-refractivity contribution in [3.8, 4) is 0 Å². The van der Waals surface area contributed by atoms with Crippen LogP contribution in [0.3, 0.4) is 0 Å². The predicted molar refractivity (Wildman–Crippen MR) is 95.5 cm³/mol. The molecule has 0 aliphatic carbocycles. The van der Waals surface area contributed by atoms with Crippen molar-refractivity contribution >= 4 is 0 Å². The molecule has 7 heteroatoms. The van der Waals surface area contributed by atoms with Gasteiger partial charge in [0.2, 0.25) is 0 Å². The zero-order valence-electron chi connectivity index (χ0n) is 16.0. The molecule has 2 fully saturated rings. The number of methoxy groups -OCH3 is 1. The first-order valence-electron chi connectivity index (χ1n) is 9.05. The van der Waals surface area contributed by atoms with Crippen molar-refractivity contribution in [3.05, 3.63) is 24.8 Å². The van der Waals surface area contributed by atoms with Gasteiger partial charge in [-0.25, -0.2) is 0 Å². The molecule has 2 heterocycles. The van der Waals surface area contributed by atoms with Crippen molar-refractivity contribution in [1.82, 2.24) is 0 Å². The van der Waals surface area contributed by atoms with Crippen LogP contribution in [0.25, 0.3) is 0 Å². The van der Waals surface area contributed by atoms with Crippen LogP contribution in [0.2, 0.25) is 0 Å². The lowest BCUT2D eigenvalue weighted by molar-refractivity contribution is -0.167. The molecule has 0 radical (unpaired) electrons. The van der Waals surface area contributed by atoms with Gasteiger partial charge in [-0.1, -0.05) is 12.7 Å². The van der Waals surface area contributed by atoms with Crippen LogP contribution in [0.15, 0.2) is 24.8 Å². The average Bonchev–Trinajstić information content (AvgIpc) is 2.96. The SMILES string of the molecule is C=C[C@@H](OCOC)[C@H]1OC(C)(C)O[C@H]1C(O)C(=C)COC1CCCCO1. The topological polar surface area (TPSA) is 75.6 Å². The molecule has 0 bridgehead atoms. The van der Waals surface area contributed by atoms with Crippen LogP contribution in [0.1, 0.15) is 33.1 Å². The lowest BCUT2D eigenvalue weighted by Gasteiger charge is -2.29. The van der Waals surface area contributed by atoms with Crippen molar-refractivity contribution in [2.24, 2.45) is 0 Å². The van der Waals surface area contributed by atoms with Crippen LogP contribution >= 0.6 is 0 Å². The molecule has 0 aromatic carbocycles. The number of rotatable bonds is 10. The number of aliphatic hydroxyl groups excluding tert-OH is 1. The Morgan fingerprint density at radius 3 is 2.65 bits per heavy atom. The van der Waals surface area contributed by atoms with E-state index >= 15 is 0 Å². The third-order valence-electron chi connectivity index (χ3n) is 4.42. The third kappa shape index (κ3) is 5.85. The Hall–Kier alpha value is -0.800. The Balaban J connectivity index is 1.97. The minimum atomic E-state index is -0.973. The number of aliphatic hydroxyl groups is 1. The molecule has 2 aliphatic rings. The van der Waals surface area contributed by atoms with E-state index in [1.807, 2.05) is 0 Å². The largest absolute Gasteiger partial charge is 0.386 e. The van der Waals surface area contributed by atoms with Crippen molar-refractivity contribution in [2.45, 2.75) is 69.6 Å². The minimum absolute atomic E-state index is 0.0862. The Bertz CT molecular complexity index is 459. The zero-order valence-corrected chi connectivity index (χ0v) is 16.0. The van der Waals surface area contributed by atoms with Crippen molar-refractivity contribution < 1.29 is 33.5 Å². The van der Waals surface area contributed by atoms with E-state index in [2.05, 4.69) is 13.2 Å². The zero-order chi connectivity index (χ0) is 19.2. The van der Waals surface area contributed by atoms with Gasteiger partial charge in [0.15, 0.2) is 12.1 Å². The Kier molecular flexibility index (Phi) is 8.22. The van der Waals surface area contributed by atoms with Gasteiger partial charge in [0.25, 0.3) is 0 Å². The van der Waals surface area contributed by atoms with Crippen LogP contribution in [-0.2, 0) is 28.4 Å². The minimum Gasteiger partial charge on any atom is -0.386 e. The first-order valence-corrected chi connectivity index (χ1v) is 9.05. The molecule has 0 aromatic heterocycles. The standard InChI is InChI=1S/C19H32O7/c1-6-14(24-12-21-5)17-18(26-19(3,4)25-17)16(20)13(2)11-23-15-9-7-8-10-22-15/h6,14-18,20H,1-2,7-12H2,3-5H3/t14-,15?,16?,17-,18+/m1/s1. The van der Waals surface area contributed by atoms with Gasteiger partial charge in [0.05, 0.1) is 6.61 Å². The van der Waals surface area contributed by atoms with Gasteiger partial charge >= 0.3 is 0 Å². The molecule has 1 N–H and O–H groups in total. The second kappa shape index (κ2) is 9.94. The molecule has 2 aliphatic heterocycles. The van der Waals surface area contributed by atoms with Crippen molar-refractivity contribution in [3.63, 3.8) is 0 Å². The first-order chi connectivity index (χ1) is 12.4. The van der Waals surface area contributed by atoms with E-state index in [0.717, 1.165) is 19.3 Å². The maximum Gasteiger partial charge on any atom is 0.164 e. The van der Waals surface area contributed by atoms with E-state index in [1.165, 1.54) is 7.11 Å². The second-order valence-electron chi connectivity index (χ2n) is 7.05. The summed E-state index contributed by atoms with van der Waals surface area (Å²) in [6.07, 6.45) is 1.68. The highest BCUT2D eigenvalue weighted by molar-refractivity contribution is 5.10. The predicted octanol–water partition coefficient (Wildman–Crippen LogP) is 2.14. The summed E-state index contributed by atoms with van der Waals surface area (Å²) in [5.74, 6) is -0.860. The van der Waals surface area contributed by atoms with Crippen LogP contribution in [0.5, 0.6) is 0 Å². The summed E-state index contributed by atoms with van der Waals surface area (Å²) in [4.78, 5) is 0. The summed E-state index contributed by atoms with van der Waals surface area (Å²) in [6, 6.07) is 0. The summed E-state index contributed by atoms with van der Waals surface area (Å²) in [7, 11) is 1.54. The summed E-state index contributed by atoms with van der Waals surface area (Å²) in [5, 5.41) is 10.8. The molecule has 0 aromatic rings. The van der Waals surface area contributed by atoms with E-state index < -0.39 is 30.2 Å². The molecule has 5 atom stereocenters. The van der Waals surface area contributed by atoms with Crippen LogP contribution in [-0.4, -0.2) is 68.7 Å². The Morgan fingerprint density at radius 1 is 1.31 bits per heavy atom. The van der Waals surface area contributed by atoms with Crippen LogP contribution < -0.4 is 0 Å². The Morgan fingerprint density at radius 2 is 2.04 bits per heavy atom. The van der Waals surface area contributed by atoms with Crippen LogP contribution in [0, 0.1) is 0 Å². The molecule has 0 saturated carbocycles. The van der Waals surface area contributed by atoms with Gasteiger partial charge in [-0.3, -0.25) is 0 Å². The molecule has 150 valence electrons. The average molecular weight is 372 g/mol. The number of ether oxygens (including phenoxy) is 6. The van der Waals surface area contributed by atoms with Gasteiger partial charge in [0, 0.05) is 13.7 Å². The molecule has 0 amide bonds. The number of hydrogen-bond acceptors (Lipinski definition) is 7. The third-order valence-corrected chi connectivity index (χ3v) is 4.42. The molecule has 7 nitrogen and oxygen atoms in total. The monoisotopic (exact) mass is 372 g/mol. The van der Waals surface area contributed by atoms with Crippen molar-refractivity contribution in [1.29, 1.82) is 0 Å². The Labute approximate surface area is 155 Å². The molecular weight excluding hydrogens is 340 g/mol.